The molecule has 0 atom stereocenters. The van der Waals surface area contributed by atoms with E-state index in [1.807, 2.05) is 6.92 Å². The number of aromatic nitrogens is 3. The van der Waals surface area contributed by atoms with Gasteiger partial charge < -0.3 is 5.73 Å². The van der Waals surface area contributed by atoms with Crippen LogP contribution in [0.3, 0.4) is 0 Å². The Morgan fingerprint density at radius 3 is 2.16 bits per heavy atom. The molecule has 4 aliphatic rings. The Kier molecular flexibility index (Phi) is 2.62. The highest BCUT2D eigenvalue weighted by Gasteiger charge is 2.49. The summed E-state index contributed by atoms with van der Waals surface area (Å²) in [6, 6.07) is 0. The van der Waals surface area contributed by atoms with Gasteiger partial charge in [0.1, 0.15) is 17.5 Å². The lowest BCUT2D eigenvalue weighted by Gasteiger charge is -2.53. The molecule has 0 aliphatic heterocycles. The molecular formula is C15H22N4. The van der Waals surface area contributed by atoms with Crippen molar-refractivity contribution in [1.82, 2.24) is 15.0 Å². The summed E-state index contributed by atoms with van der Waals surface area (Å²) in [5.74, 6) is 6.86. The largest absolute Gasteiger partial charge is 0.324 e. The summed E-state index contributed by atoms with van der Waals surface area (Å²) in [6.45, 7) is 2.38. The molecule has 0 saturated heterocycles. The molecule has 2 N–H and O–H groups in total. The van der Waals surface area contributed by atoms with E-state index in [9.17, 15) is 0 Å². The minimum atomic E-state index is 0.420. The zero-order valence-corrected chi connectivity index (χ0v) is 11.5. The molecule has 4 aliphatic carbocycles. The lowest BCUT2D eigenvalue weighted by Crippen LogP contribution is -2.44. The van der Waals surface area contributed by atoms with Crippen LogP contribution in [-0.4, -0.2) is 15.0 Å². The first kappa shape index (κ1) is 11.8. The van der Waals surface area contributed by atoms with E-state index in [-0.39, 0.29) is 0 Å². The predicted octanol–water partition coefficient (Wildman–Crippen LogP) is 2.18. The standard InChI is InChI=1S/C15H22N4/c1-8-17-13(7-16)19-15(18-8)14-11-3-9-2-10(5-11)6-12(14)4-9/h9-12,14H,2-7,16H2,1H3. The normalized spacial score (nSPS) is 39.8. The highest BCUT2D eigenvalue weighted by molar-refractivity contribution is 5.12. The van der Waals surface area contributed by atoms with Gasteiger partial charge in [-0.25, -0.2) is 15.0 Å². The van der Waals surface area contributed by atoms with Crippen LogP contribution in [0.25, 0.3) is 0 Å². The molecule has 102 valence electrons. The molecule has 4 nitrogen and oxygen atoms in total. The van der Waals surface area contributed by atoms with Crippen molar-refractivity contribution in [2.24, 2.45) is 29.4 Å². The maximum absolute atomic E-state index is 5.71. The molecule has 4 fully saturated rings. The van der Waals surface area contributed by atoms with Crippen LogP contribution in [0.15, 0.2) is 0 Å². The first-order chi connectivity index (χ1) is 9.22. The third-order valence-electron chi connectivity index (χ3n) is 5.52. The van der Waals surface area contributed by atoms with Gasteiger partial charge in [-0.15, -0.1) is 0 Å². The number of hydrogen-bond acceptors (Lipinski definition) is 4. The molecular weight excluding hydrogens is 236 g/mol. The van der Waals surface area contributed by atoms with Crippen molar-refractivity contribution < 1.29 is 0 Å². The van der Waals surface area contributed by atoms with Crippen molar-refractivity contribution in [3.63, 3.8) is 0 Å². The Balaban J connectivity index is 1.70. The fraction of sp³-hybridized carbons (Fsp3) is 0.800. The van der Waals surface area contributed by atoms with E-state index in [0.717, 1.165) is 41.1 Å². The van der Waals surface area contributed by atoms with E-state index < -0.39 is 0 Å². The van der Waals surface area contributed by atoms with Crippen LogP contribution in [0.2, 0.25) is 0 Å². The lowest BCUT2D eigenvalue weighted by atomic mass is 9.51. The minimum absolute atomic E-state index is 0.420. The van der Waals surface area contributed by atoms with Crippen molar-refractivity contribution in [2.75, 3.05) is 0 Å². The summed E-state index contributed by atoms with van der Waals surface area (Å²) in [5, 5.41) is 0. The molecule has 0 amide bonds. The van der Waals surface area contributed by atoms with Gasteiger partial charge in [0.25, 0.3) is 0 Å². The van der Waals surface area contributed by atoms with E-state index in [2.05, 4.69) is 15.0 Å². The van der Waals surface area contributed by atoms with Crippen LogP contribution < -0.4 is 5.73 Å². The maximum atomic E-state index is 5.71. The van der Waals surface area contributed by atoms with Gasteiger partial charge in [0, 0.05) is 5.92 Å². The predicted molar refractivity (Wildman–Crippen MR) is 72.2 cm³/mol. The Morgan fingerprint density at radius 1 is 0.947 bits per heavy atom. The molecule has 0 unspecified atom stereocenters. The number of hydrogen-bond donors (Lipinski definition) is 1. The van der Waals surface area contributed by atoms with Crippen molar-refractivity contribution in [3.8, 4) is 0 Å². The number of rotatable bonds is 2. The number of aryl methyl sites for hydroxylation is 1. The molecule has 4 heteroatoms. The van der Waals surface area contributed by atoms with Gasteiger partial charge in [-0.05, 0) is 62.7 Å². The third-order valence-corrected chi connectivity index (χ3v) is 5.52. The average Bonchev–Trinajstić information content (AvgIpc) is 2.36. The van der Waals surface area contributed by atoms with Gasteiger partial charge in [0.2, 0.25) is 0 Å². The molecule has 0 spiro atoms. The van der Waals surface area contributed by atoms with Crippen LogP contribution in [0.4, 0.5) is 0 Å². The second-order valence-corrected chi connectivity index (χ2v) is 6.82. The first-order valence-corrected chi connectivity index (χ1v) is 7.64. The van der Waals surface area contributed by atoms with E-state index in [0.29, 0.717) is 12.5 Å². The lowest BCUT2D eigenvalue weighted by molar-refractivity contribution is -0.00585. The van der Waals surface area contributed by atoms with Gasteiger partial charge in [-0.3, -0.25) is 0 Å². The van der Waals surface area contributed by atoms with E-state index in [1.165, 1.54) is 32.1 Å². The summed E-state index contributed by atoms with van der Waals surface area (Å²) >= 11 is 0. The van der Waals surface area contributed by atoms with Gasteiger partial charge >= 0.3 is 0 Å². The highest BCUT2D eigenvalue weighted by atomic mass is 15.0. The topological polar surface area (TPSA) is 64.7 Å². The Labute approximate surface area is 114 Å². The maximum Gasteiger partial charge on any atom is 0.146 e. The highest BCUT2D eigenvalue weighted by Crippen LogP contribution is 2.59. The quantitative estimate of drug-likeness (QED) is 0.883. The minimum Gasteiger partial charge on any atom is -0.324 e. The van der Waals surface area contributed by atoms with Crippen molar-refractivity contribution in [2.45, 2.75) is 51.5 Å². The zero-order valence-electron chi connectivity index (χ0n) is 11.5. The summed E-state index contributed by atoms with van der Waals surface area (Å²) < 4.78 is 0. The Morgan fingerprint density at radius 2 is 1.58 bits per heavy atom. The SMILES string of the molecule is Cc1nc(CN)nc(C2C3CC4CC(C3)CC2C4)n1. The van der Waals surface area contributed by atoms with Crippen LogP contribution >= 0.6 is 0 Å². The molecule has 1 aromatic rings. The van der Waals surface area contributed by atoms with Crippen LogP contribution in [0.5, 0.6) is 0 Å². The van der Waals surface area contributed by atoms with Crippen LogP contribution in [0.1, 0.15) is 55.5 Å². The van der Waals surface area contributed by atoms with Gasteiger partial charge in [-0.1, -0.05) is 0 Å². The second-order valence-electron chi connectivity index (χ2n) is 6.82. The van der Waals surface area contributed by atoms with Crippen LogP contribution in [-0.2, 0) is 6.54 Å². The van der Waals surface area contributed by atoms with Crippen molar-refractivity contribution in [1.29, 1.82) is 0 Å². The number of nitrogens with zero attached hydrogens (tertiary/aromatic N) is 3. The van der Waals surface area contributed by atoms with Gasteiger partial charge in [0.05, 0.1) is 6.54 Å². The van der Waals surface area contributed by atoms with Crippen molar-refractivity contribution >= 4 is 0 Å². The summed E-state index contributed by atoms with van der Waals surface area (Å²) in [4.78, 5) is 13.6. The fourth-order valence-corrected chi connectivity index (χ4v) is 5.15. The van der Waals surface area contributed by atoms with Gasteiger partial charge in [-0.2, -0.15) is 0 Å². The third kappa shape index (κ3) is 1.88. The molecule has 1 aromatic heterocycles. The summed E-state index contributed by atoms with van der Waals surface area (Å²) in [5.41, 5.74) is 5.71. The first-order valence-electron chi connectivity index (χ1n) is 7.64. The van der Waals surface area contributed by atoms with E-state index in [1.54, 1.807) is 0 Å². The molecule has 4 bridgehead atoms. The monoisotopic (exact) mass is 258 g/mol. The van der Waals surface area contributed by atoms with Gasteiger partial charge in [0.15, 0.2) is 0 Å². The Bertz CT molecular complexity index is 471. The molecule has 0 radical (unpaired) electrons. The smallest absolute Gasteiger partial charge is 0.146 e. The van der Waals surface area contributed by atoms with Crippen LogP contribution in [0, 0.1) is 30.6 Å². The Hall–Kier alpha value is -1.03. The van der Waals surface area contributed by atoms with Crippen molar-refractivity contribution in [3.05, 3.63) is 17.5 Å². The van der Waals surface area contributed by atoms with E-state index in [4.69, 9.17) is 5.73 Å². The average molecular weight is 258 g/mol. The number of nitrogens with two attached hydrogens (primary N) is 1. The molecule has 19 heavy (non-hydrogen) atoms. The molecule has 0 aromatic carbocycles. The molecule has 1 heterocycles. The molecule has 5 rings (SSSR count). The second kappa shape index (κ2) is 4.23. The fourth-order valence-electron chi connectivity index (χ4n) is 5.15. The summed E-state index contributed by atoms with van der Waals surface area (Å²) in [7, 11) is 0. The zero-order chi connectivity index (χ0) is 13.0. The van der Waals surface area contributed by atoms with E-state index >= 15 is 0 Å². The molecule has 4 saturated carbocycles. The summed E-state index contributed by atoms with van der Waals surface area (Å²) in [6.07, 6.45) is 7.10.